The van der Waals surface area contributed by atoms with Crippen LogP contribution in [0.25, 0.3) is 5.13 Å². The summed E-state index contributed by atoms with van der Waals surface area (Å²) in [5.74, 6) is 0. The molecule has 8 heteroatoms. The normalized spacial score (nSPS) is 12.2. The van der Waals surface area contributed by atoms with Gasteiger partial charge >= 0.3 is 0 Å². The number of nitrogens with zero attached hydrogens (tertiary/aromatic N) is 3. The minimum atomic E-state index is -3.21. The van der Waals surface area contributed by atoms with E-state index in [9.17, 15) is 8.42 Å². The molecule has 2 aromatic heterocycles. The smallest absolute Gasteiger partial charge is 0.213 e. The fourth-order valence-electron chi connectivity index (χ4n) is 1.82. The first-order chi connectivity index (χ1) is 9.79. The number of thiazole rings is 1. The van der Waals surface area contributed by atoms with Gasteiger partial charge in [-0.05, 0) is 33.8 Å². The van der Waals surface area contributed by atoms with E-state index in [0.717, 1.165) is 22.2 Å². The molecule has 0 aromatic carbocycles. The van der Waals surface area contributed by atoms with E-state index in [1.807, 2.05) is 30.0 Å². The van der Waals surface area contributed by atoms with Crippen LogP contribution >= 0.6 is 11.3 Å². The zero-order valence-electron chi connectivity index (χ0n) is 12.6. The summed E-state index contributed by atoms with van der Waals surface area (Å²) in [5, 5.41) is 6.72. The van der Waals surface area contributed by atoms with Gasteiger partial charge < -0.3 is 0 Å². The standard InChI is InChI=1S/C13H20N4O2S2/c1-9(2)21(18,19)14-6-5-12-8-20-13(15-12)17-11(4)7-10(3)16-17/h7-9,14H,5-6H2,1-4H3. The maximum Gasteiger partial charge on any atom is 0.213 e. The van der Waals surface area contributed by atoms with Crippen LogP contribution in [0.1, 0.15) is 30.9 Å². The molecule has 21 heavy (non-hydrogen) atoms. The molecule has 2 aromatic rings. The van der Waals surface area contributed by atoms with Gasteiger partial charge in [0.2, 0.25) is 15.2 Å². The van der Waals surface area contributed by atoms with Crippen molar-refractivity contribution in [3.05, 3.63) is 28.5 Å². The Kier molecular flexibility index (Phi) is 4.80. The third-order valence-corrected chi connectivity index (χ3v) is 5.75. The van der Waals surface area contributed by atoms with Crippen molar-refractivity contribution in [3.8, 4) is 5.13 Å². The van der Waals surface area contributed by atoms with Crippen molar-refractivity contribution >= 4 is 21.4 Å². The number of nitrogens with one attached hydrogen (secondary N) is 1. The molecule has 6 nitrogen and oxygen atoms in total. The molecule has 0 radical (unpaired) electrons. The van der Waals surface area contributed by atoms with Gasteiger partial charge in [0, 0.05) is 24.0 Å². The Bertz CT molecular complexity index is 716. The molecule has 0 saturated heterocycles. The third kappa shape index (κ3) is 3.90. The first kappa shape index (κ1) is 16.1. The van der Waals surface area contributed by atoms with Crippen LogP contribution in [-0.2, 0) is 16.4 Å². The molecule has 0 bridgehead atoms. The molecular formula is C13H20N4O2S2. The second kappa shape index (κ2) is 6.25. The molecule has 0 amide bonds. The van der Waals surface area contributed by atoms with Crippen molar-refractivity contribution < 1.29 is 8.42 Å². The lowest BCUT2D eigenvalue weighted by Crippen LogP contribution is -2.32. The molecule has 0 aliphatic rings. The minimum absolute atomic E-state index is 0.362. The van der Waals surface area contributed by atoms with Crippen LogP contribution in [0.4, 0.5) is 0 Å². The van der Waals surface area contributed by atoms with Gasteiger partial charge in [-0.1, -0.05) is 0 Å². The molecule has 0 aliphatic heterocycles. The van der Waals surface area contributed by atoms with Crippen molar-refractivity contribution in [1.29, 1.82) is 0 Å². The number of hydrogen-bond donors (Lipinski definition) is 1. The summed E-state index contributed by atoms with van der Waals surface area (Å²) in [5.41, 5.74) is 2.86. The Hall–Kier alpha value is -1.25. The molecule has 2 heterocycles. The Labute approximate surface area is 129 Å². The highest BCUT2D eigenvalue weighted by Gasteiger charge is 2.15. The van der Waals surface area contributed by atoms with E-state index >= 15 is 0 Å². The number of aromatic nitrogens is 3. The van der Waals surface area contributed by atoms with E-state index in [-0.39, 0.29) is 0 Å². The highest BCUT2D eigenvalue weighted by Crippen LogP contribution is 2.17. The van der Waals surface area contributed by atoms with Gasteiger partial charge in [0.05, 0.1) is 16.6 Å². The topological polar surface area (TPSA) is 76.9 Å². The summed E-state index contributed by atoms with van der Waals surface area (Å²) < 4.78 is 27.7. The SMILES string of the molecule is Cc1cc(C)n(-c2nc(CCNS(=O)(=O)C(C)C)cs2)n1. The minimum Gasteiger partial charge on any atom is -0.223 e. The summed E-state index contributed by atoms with van der Waals surface area (Å²) in [4.78, 5) is 4.50. The maximum absolute atomic E-state index is 11.7. The van der Waals surface area contributed by atoms with Crippen molar-refractivity contribution in [2.75, 3.05) is 6.54 Å². The van der Waals surface area contributed by atoms with Crippen LogP contribution in [0, 0.1) is 13.8 Å². The first-order valence-corrected chi connectivity index (χ1v) is 9.18. The zero-order valence-corrected chi connectivity index (χ0v) is 14.3. The van der Waals surface area contributed by atoms with E-state index in [1.54, 1.807) is 13.8 Å². The number of hydrogen-bond acceptors (Lipinski definition) is 5. The lowest BCUT2D eigenvalue weighted by Gasteiger charge is -2.08. The van der Waals surface area contributed by atoms with Crippen molar-refractivity contribution in [2.24, 2.45) is 0 Å². The van der Waals surface area contributed by atoms with Gasteiger partial charge in [-0.2, -0.15) is 5.10 Å². The highest BCUT2D eigenvalue weighted by atomic mass is 32.2. The Morgan fingerprint density at radius 1 is 1.38 bits per heavy atom. The summed E-state index contributed by atoms with van der Waals surface area (Å²) in [6.07, 6.45) is 0.571. The van der Waals surface area contributed by atoms with E-state index in [0.29, 0.717) is 13.0 Å². The summed E-state index contributed by atoms with van der Waals surface area (Å²) >= 11 is 1.51. The van der Waals surface area contributed by atoms with Crippen LogP contribution in [0.5, 0.6) is 0 Å². The summed E-state index contributed by atoms with van der Waals surface area (Å²) in [6, 6.07) is 2.00. The van der Waals surface area contributed by atoms with E-state index in [1.165, 1.54) is 11.3 Å². The van der Waals surface area contributed by atoms with Gasteiger partial charge in [-0.25, -0.2) is 22.8 Å². The number of rotatable bonds is 6. The van der Waals surface area contributed by atoms with E-state index < -0.39 is 15.3 Å². The Morgan fingerprint density at radius 2 is 2.10 bits per heavy atom. The van der Waals surface area contributed by atoms with E-state index in [4.69, 9.17) is 0 Å². The molecular weight excluding hydrogens is 308 g/mol. The molecule has 1 N–H and O–H groups in total. The second-order valence-corrected chi connectivity index (χ2v) is 8.36. The largest absolute Gasteiger partial charge is 0.223 e. The highest BCUT2D eigenvalue weighted by molar-refractivity contribution is 7.90. The van der Waals surface area contributed by atoms with Crippen molar-refractivity contribution in [3.63, 3.8) is 0 Å². The van der Waals surface area contributed by atoms with Gasteiger partial charge in [-0.3, -0.25) is 0 Å². The van der Waals surface area contributed by atoms with Gasteiger partial charge in [-0.15, -0.1) is 11.3 Å². The van der Waals surface area contributed by atoms with Crippen LogP contribution in [0.2, 0.25) is 0 Å². The molecule has 0 saturated carbocycles. The third-order valence-electron chi connectivity index (χ3n) is 3.04. The average molecular weight is 328 g/mol. The van der Waals surface area contributed by atoms with Crippen LogP contribution < -0.4 is 4.72 Å². The molecule has 2 rings (SSSR count). The predicted molar refractivity (Wildman–Crippen MR) is 84.5 cm³/mol. The summed E-state index contributed by atoms with van der Waals surface area (Å²) in [7, 11) is -3.21. The number of aryl methyl sites for hydroxylation is 2. The predicted octanol–water partition coefficient (Wildman–Crippen LogP) is 1.82. The second-order valence-electron chi connectivity index (χ2n) is 5.20. The van der Waals surface area contributed by atoms with E-state index in [2.05, 4.69) is 14.8 Å². The molecule has 0 spiro atoms. The quantitative estimate of drug-likeness (QED) is 0.877. The molecule has 116 valence electrons. The average Bonchev–Trinajstić information content (AvgIpc) is 2.95. The Morgan fingerprint density at radius 3 is 2.67 bits per heavy atom. The molecule has 0 aliphatic carbocycles. The lowest BCUT2D eigenvalue weighted by atomic mass is 10.3. The van der Waals surface area contributed by atoms with Gasteiger partial charge in [0.1, 0.15) is 0 Å². The lowest BCUT2D eigenvalue weighted by molar-refractivity contribution is 0.572. The molecule has 0 fully saturated rings. The molecule has 0 atom stereocenters. The monoisotopic (exact) mass is 328 g/mol. The first-order valence-electron chi connectivity index (χ1n) is 6.76. The fraction of sp³-hybridized carbons (Fsp3) is 0.538. The Balaban J connectivity index is 2.00. The molecule has 0 unspecified atom stereocenters. The van der Waals surface area contributed by atoms with Crippen LogP contribution in [0.15, 0.2) is 11.4 Å². The van der Waals surface area contributed by atoms with Gasteiger partial charge in [0.15, 0.2) is 0 Å². The summed E-state index contributed by atoms with van der Waals surface area (Å²) in [6.45, 7) is 7.61. The fourth-order valence-corrected chi connectivity index (χ4v) is 3.41. The van der Waals surface area contributed by atoms with Crippen LogP contribution in [-0.4, -0.2) is 35.0 Å². The zero-order chi connectivity index (χ0) is 15.6. The maximum atomic E-state index is 11.7. The van der Waals surface area contributed by atoms with Crippen LogP contribution in [0.3, 0.4) is 0 Å². The number of sulfonamides is 1. The van der Waals surface area contributed by atoms with Gasteiger partial charge in [0.25, 0.3) is 0 Å². The van der Waals surface area contributed by atoms with Crippen molar-refractivity contribution in [2.45, 2.75) is 39.4 Å². The van der Waals surface area contributed by atoms with Crippen molar-refractivity contribution in [1.82, 2.24) is 19.5 Å².